The van der Waals surface area contributed by atoms with Gasteiger partial charge in [-0.05, 0) is 19.8 Å². The van der Waals surface area contributed by atoms with Gasteiger partial charge in [0.15, 0.2) is 5.13 Å². The van der Waals surface area contributed by atoms with Gasteiger partial charge >= 0.3 is 5.97 Å². The molecule has 0 amide bonds. The van der Waals surface area contributed by atoms with Crippen molar-refractivity contribution >= 4 is 22.4 Å². The first-order valence-electron chi connectivity index (χ1n) is 5.68. The van der Waals surface area contributed by atoms with Gasteiger partial charge in [0.2, 0.25) is 0 Å². The standard InChI is InChI=1S/C11H16N2O3S/c1-7-9(5-10(14)15)17-11(13-7)12-6-8-3-2-4-16-8/h8H,2-6H2,1H3,(H,12,13)(H,14,15). The minimum Gasteiger partial charge on any atom is -0.481 e. The molecule has 1 atom stereocenters. The van der Waals surface area contributed by atoms with Crippen LogP contribution in [0.2, 0.25) is 0 Å². The molecule has 1 aromatic rings. The van der Waals surface area contributed by atoms with Crippen molar-refractivity contribution in [3.8, 4) is 0 Å². The summed E-state index contributed by atoms with van der Waals surface area (Å²) in [7, 11) is 0. The lowest BCUT2D eigenvalue weighted by atomic mass is 10.2. The monoisotopic (exact) mass is 256 g/mol. The van der Waals surface area contributed by atoms with Gasteiger partial charge < -0.3 is 15.2 Å². The van der Waals surface area contributed by atoms with Gasteiger partial charge in [-0.15, -0.1) is 11.3 Å². The first-order chi connectivity index (χ1) is 8.15. The van der Waals surface area contributed by atoms with E-state index in [-0.39, 0.29) is 12.5 Å². The molecule has 17 heavy (non-hydrogen) atoms. The van der Waals surface area contributed by atoms with Crippen LogP contribution in [0.4, 0.5) is 5.13 Å². The highest BCUT2D eigenvalue weighted by Crippen LogP contribution is 2.23. The lowest BCUT2D eigenvalue weighted by Crippen LogP contribution is -2.18. The normalized spacial score (nSPS) is 19.5. The predicted octanol–water partition coefficient (Wildman–Crippen LogP) is 1.67. The van der Waals surface area contributed by atoms with Gasteiger partial charge in [0, 0.05) is 18.0 Å². The van der Waals surface area contributed by atoms with E-state index >= 15 is 0 Å². The minimum atomic E-state index is -0.817. The quantitative estimate of drug-likeness (QED) is 0.838. The van der Waals surface area contributed by atoms with E-state index in [1.807, 2.05) is 6.92 Å². The number of nitrogens with zero attached hydrogens (tertiary/aromatic N) is 1. The van der Waals surface area contributed by atoms with E-state index in [2.05, 4.69) is 10.3 Å². The van der Waals surface area contributed by atoms with Crippen LogP contribution < -0.4 is 5.32 Å². The fraction of sp³-hybridized carbons (Fsp3) is 0.636. The molecule has 0 bridgehead atoms. The third-order valence-corrected chi connectivity index (χ3v) is 3.82. The highest BCUT2D eigenvalue weighted by atomic mass is 32.1. The highest BCUT2D eigenvalue weighted by molar-refractivity contribution is 7.15. The van der Waals surface area contributed by atoms with Crippen molar-refractivity contribution in [2.45, 2.75) is 32.3 Å². The van der Waals surface area contributed by atoms with Gasteiger partial charge in [0.05, 0.1) is 18.2 Å². The van der Waals surface area contributed by atoms with E-state index in [1.54, 1.807) is 0 Å². The van der Waals surface area contributed by atoms with Crippen molar-refractivity contribution in [3.05, 3.63) is 10.6 Å². The maximum absolute atomic E-state index is 10.6. The van der Waals surface area contributed by atoms with Crippen molar-refractivity contribution in [1.82, 2.24) is 4.98 Å². The molecule has 1 aliphatic heterocycles. The number of rotatable bonds is 5. The Bertz CT molecular complexity index is 399. The van der Waals surface area contributed by atoms with Gasteiger partial charge in [0.25, 0.3) is 0 Å². The van der Waals surface area contributed by atoms with Crippen LogP contribution in [0.3, 0.4) is 0 Å². The lowest BCUT2D eigenvalue weighted by molar-refractivity contribution is -0.136. The second-order valence-electron chi connectivity index (χ2n) is 4.11. The van der Waals surface area contributed by atoms with E-state index in [0.717, 1.165) is 41.7 Å². The van der Waals surface area contributed by atoms with Crippen LogP contribution in [-0.2, 0) is 16.0 Å². The van der Waals surface area contributed by atoms with Crippen LogP contribution in [0.25, 0.3) is 0 Å². The smallest absolute Gasteiger partial charge is 0.308 e. The predicted molar refractivity (Wildman–Crippen MR) is 65.7 cm³/mol. The van der Waals surface area contributed by atoms with Crippen molar-refractivity contribution in [2.75, 3.05) is 18.5 Å². The van der Waals surface area contributed by atoms with Gasteiger partial charge in [-0.3, -0.25) is 4.79 Å². The molecule has 0 spiro atoms. The maximum atomic E-state index is 10.6. The number of carboxylic acid groups (broad SMARTS) is 1. The molecule has 94 valence electrons. The maximum Gasteiger partial charge on any atom is 0.308 e. The summed E-state index contributed by atoms with van der Waals surface area (Å²) >= 11 is 1.41. The van der Waals surface area contributed by atoms with Gasteiger partial charge in [-0.2, -0.15) is 0 Å². The molecular formula is C11H16N2O3S. The van der Waals surface area contributed by atoms with E-state index in [0.29, 0.717) is 0 Å². The molecule has 1 saturated heterocycles. The number of thiazole rings is 1. The molecule has 1 aliphatic rings. The van der Waals surface area contributed by atoms with Crippen LogP contribution in [0.5, 0.6) is 0 Å². The van der Waals surface area contributed by atoms with Crippen LogP contribution >= 0.6 is 11.3 Å². The summed E-state index contributed by atoms with van der Waals surface area (Å²) in [4.78, 5) is 15.8. The van der Waals surface area contributed by atoms with Crippen LogP contribution in [-0.4, -0.2) is 35.3 Å². The Balaban J connectivity index is 1.90. The fourth-order valence-electron chi connectivity index (χ4n) is 1.81. The number of hydrogen-bond acceptors (Lipinski definition) is 5. The number of aryl methyl sites for hydroxylation is 1. The number of ether oxygens (including phenoxy) is 1. The largest absolute Gasteiger partial charge is 0.481 e. The van der Waals surface area contributed by atoms with E-state index in [1.165, 1.54) is 11.3 Å². The molecule has 0 radical (unpaired) electrons. The van der Waals surface area contributed by atoms with Crippen molar-refractivity contribution in [3.63, 3.8) is 0 Å². The summed E-state index contributed by atoms with van der Waals surface area (Å²) in [6, 6.07) is 0. The zero-order valence-corrected chi connectivity index (χ0v) is 10.5. The summed E-state index contributed by atoms with van der Waals surface area (Å²) in [6.45, 7) is 3.43. The number of aromatic nitrogens is 1. The molecule has 0 aliphatic carbocycles. The minimum absolute atomic E-state index is 0.0467. The number of carbonyl (C=O) groups is 1. The average Bonchev–Trinajstić information content (AvgIpc) is 2.86. The van der Waals surface area contributed by atoms with Crippen molar-refractivity contribution < 1.29 is 14.6 Å². The molecule has 2 rings (SSSR count). The Kier molecular flexibility index (Phi) is 3.96. The topological polar surface area (TPSA) is 71.5 Å². The molecule has 1 fully saturated rings. The molecule has 1 unspecified atom stereocenters. The number of carboxylic acids is 1. The number of hydrogen-bond donors (Lipinski definition) is 2. The third-order valence-electron chi connectivity index (χ3n) is 2.71. The first kappa shape index (κ1) is 12.3. The Morgan fingerprint density at radius 3 is 3.18 bits per heavy atom. The second kappa shape index (κ2) is 5.46. The summed E-state index contributed by atoms with van der Waals surface area (Å²) in [5.74, 6) is -0.817. The zero-order chi connectivity index (χ0) is 12.3. The van der Waals surface area contributed by atoms with Gasteiger partial charge in [-0.25, -0.2) is 4.98 Å². The molecule has 5 nitrogen and oxygen atoms in total. The number of nitrogens with one attached hydrogen (secondary N) is 1. The molecule has 0 aromatic carbocycles. The van der Waals surface area contributed by atoms with Crippen LogP contribution in [0, 0.1) is 6.92 Å². The van der Waals surface area contributed by atoms with Crippen molar-refractivity contribution in [1.29, 1.82) is 0 Å². The highest BCUT2D eigenvalue weighted by Gasteiger charge is 2.16. The third kappa shape index (κ3) is 3.41. The first-order valence-corrected chi connectivity index (χ1v) is 6.50. The van der Waals surface area contributed by atoms with Crippen molar-refractivity contribution in [2.24, 2.45) is 0 Å². The van der Waals surface area contributed by atoms with E-state index in [9.17, 15) is 4.79 Å². The summed E-state index contributed by atoms with van der Waals surface area (Å²) in [5.41, 5.74) is 0.798. The Morgan fingerprint density at radius 1 is 1.71 bits per heavy atom. The van der Waals surface area contributed by atoms with Gasteiger partial charge in [-0.1, -0.05) is 0 Å². The second-order valence-corrected chi connectivity index (χ2v) is 5.20. The Hall–Kier alpha value is -1.14. The molecular weight excluding hydrogens is 240 g/mol. The molecule has 1 aromatic heterocycles. The molecule has 2 N–H and O–H groups in total. The zero-order valence-electron chi connectivity index (χ0n) is 9.73. The fourth-order valence-corrected chi connectivity index (χ4v) is 2.77. The van der Waals surface area contributed by atoms with Crippen LogP contribution in [0.1, 0.15) is 23.4 Å². The van der Waals surface area contributed by atoms with Gasteiger partial charge in [0.1, 0.15) is 0 Å². The lowest BCUT2D eigenvalue weighted by Gasteiger charge is -2.08. The average molecular weight is 256 g/mol. The summed E-state index contributed by atoms with van der Waals surface area (Å²) < 4.78 is 5.50. The molecule has 6 heteroatoms. The summed E-state index contributed by atoms with van der Waals surface area (Å²) in [5, 5.41) is 12.7. The summed E-state index contributed by atoms with van der Waals surface area (Å²) in [6.07, 6.45) is 2.51. The molecule has 0 saturated carbocycles. The number of anilines is 1. The Morgan fingerprint density at radius 2 is 2.53 bits per heavy atom. The molecule has 2 heterocycles. The number of aliphatic carboxylic acids is 1. The van der Waals surface area contributed by atoms with E-state index < -0.39 is 5.97 Å². The SMILES string of the molecule is Cc1nc(NCC2CCCO2)sc1CC(=O)O. The van der Waals surface area contributed by atoms with Crippen LogP contribution in [0.15, 0.2) is 0 Å². The van der Waals surface area contributed by atoms with E-state index in [4.69, 9.17) is 9.84 Å². The Labute approximate surface area is 104 Å².